The fourth-order valence-corrected chi connectivity index (χ4v) is 6.15. The van der Waals surface area contributed by atoms with Crippen LogP contribution in [0, 0.1) is 5.82 Å². The van der Waals surface area contributed by atoms with Gasteiger partial charge in [-0.25, -0.2) is 9.37 Å². The number of nitrogens with one attached hydrogen (secondary N) is 1. The Morgan fingerprint density at radius 2 is 1.74 bits per heavy atom. The van der Waals surface area contributed by atoms with Gasteiger partial charge in [-0.05, 0) is 98.1 Å². The number of ether oxygens (including phenoxy) is 1. The summed E-state index contributed by atoms with van der Waals surface area (Å²) in [6.45, 7) is 2.13. The average Bonchev–Trinajstić information content (AvgIpc) is 3.44. The normalized spacial score (nSPS) is 16.8. The van der Waals surface area contributed by atoms with Crippen LogP contribution in [0.4, 0.5) is 4.39 Å². The first-order valence-corrected chi connectivity index (χ1v) is 14.2. The summed E-state index contributed by atoms with van der Waals surface area (Å²) in [5, 5.41) is 10.8. The number of H-pyrrole nitrogens is 1. The predicted molar refractivity (Wildman–Crippen MR) is 159 cm³/mol. The topological polar surface area (TPSA) is 81.7 Å². The number of carbonyl (C=O) groups excluding carboxylic acids is 1. The molecule has 1 amide bonds. The maximum Gasteiger partial charge on any atom is 0.261 e. The van der Waals surface area contributed by atoms with Gasteiger partial charge in [-0.15, -0.1) is 0 Å². The number of piperidine rings is 1. The van der Waals surface area contributed by atoms with Gasteiger partial charge in [-0.3, -0.25) is 9.69 Å². The molecule has 0 radical (unpaired) electrons. The van der Waals surface area contributed by atoms with Crippen molar-refractivity contribution >= 4 is 16.9 Å². The Balaban J connectivity index is 1.23. The fourth-order valence-electron chi connectivity index (χ4n) is 6.15. The summed E-state index contributed by atoms with van der Waals surface area (Å²) in [6, 6.07) is 24.5. The molecular formula is C34H31FN4O3. The molecule has 8 heteroatoms. The third-order valence-corrected chi connectivity index (χ3v) is 8.53. The summed E-state index contributed by atoms with van der Waals surface area (Å²) < 4.78 is 20.5. The minimum Gasteiger partial charge on any atom is -0.508 e. The number of nitrogens with zero attached hydrogens (tertiary/aromatic N) is 3. The molecular weight excluding hydrogens is 531 g/mol. The number of para-hydroxylation sites is 2. The largest absolute Gasteiger partial charge is 0.508 e. The third-order valence-electron chi connectivity index (χ3n) is 8.53. The molecule has 5 aromatic rings. The van der Waals surface area contributed by atoms with E-state index in [0.29, 0.717) is 28.6 Å². The van der Waals surface area contributed by atoms with E-state index in [9.17, 15) is 14.3 Å². The second kappa shape index (κ2) is 10.6. The zero-order valence-corrected chi connectivity index (χ0v) is 23.3. The molecule has 3 heterocycles. The number of phenolic OH excluding ortho intramolecular Hbond substituents is 1. The van der Waals surface area contributed by atoms with Crippen LogP contribution in [0.5, 0.6) is 11.5 Å². The third kappa shape index (κ3) is 4.77. The SMILES string of the molecule is CN1CCC(c2ccc(-c3ccc4c(c3)C(=O)N(C(c3nc5ccccc5[nH]3)c3cc(F)ccc3O)CO4)cc2)CC1. The van der Waals surface area contributed by atoms with Crippen molar-refractivity contribution in [1.82, 2.24) is 19.8 Å². The molecule has 2 aliphatic heterocycles. The van der Waals surface area contributed by atoms with Gasteiger partial charge in [0.05, 0.1) is 16.6 Å². The molecule has 4 aromatic carbocycles. The van der Waals surface area contributed by atoms with Gasteiger partial charge in [0.15, 0.2) is 6.73 Å². The van der Waals surface area contributed by atoms with Crippen molar-refractivity contribution in [2.75, 3.05) is 26.9 Å². The molecule has 2 aliphatic rings. The number of benzene rings is 4. The summed E-state index contributed by atoms with van der Waals surface area (Å²) >= 11 is 0. The number of rotatable bonds is 5. The number of phenols is 1. The molecule has 0 saturated carbocycles. The highest BCUT2D eigenvalue weighted by Crippen LogP contribution is 2.39. The summed E-state index contributed by atoms with van der Waals surface area (Å²) in [5.41, 5.74) is 5.34. The summed E-state index contributed by atoms with van der Waals surface area (Å²) in [6.07, 6.45) is 2.31. The average molecular weight is 563 g/mol. The number of hydrogen-bond acceptors (Lipinski definition) is 5. The van der Waals surface area contributed by atoms with Crippen molar-refractivity contribution in [3.05, 3.63) is 113 Å². The molecule has 7 nitrogen and oxygen atoms in total. The molecule has 7 rings (SSSR count). The van der Waals surface area contributed by atoms with Gasteiger partial charge in [-0.2, -0.15) is 0 Å². The van der Waals surface area contributed by atoms with E-state index in [1.807, 2.05) is 42.5 Å². The lowest BCUT2D eigenvalue weighted by atomic mass is 9.88. The lowest BCUT2D eigenvalue weighted by Gasteiger charge is -2.35. The Morgan fingerprint density at radius 3 is 2.52 bits per heavy atom. The Hall–Kier alpha value is -4.69. The first-order chi connectivity index (χ1) is 20.4. The van der Waals surface area contributed by atoms with Crippen molar-refractivity contribution < 1.29 is 19.0 Å². The Kier molecular flexibility index (Phi) is 6.63. The number of carbonyl (C=O) groups is 1. The number of hydrogen-bond donors (Lipinski definition) is 2. The van der Waals surface area contributed by atoms with Gasteiger partial charge in [0, 0.05) is 5.56 Å². The van der Waals surface area contributed by atoms with Crippen LogP contribution >= 0.6 is 0 Å². The summed E-state index contributed by atoms with van der Waals surface area (Å²) in [5.74, 6) is 0.486. The summed E-state index contributed by atoms with van der Waals surface area (Å²) in [7, 11) is 2.17. The highest BCUT2D eigenvalue weighted by atomic mass is 19.1. The van der Waals surface area contributed by atoms with Gasteiger partial charge in [0.25, 0.3) is 5.91 Å². The maximum atomic E-state index is 14.5. The van der Waals surface area contributed by atoms with Gasteiger partial charge < -0.3 is 19.7 Å². The van der Waals surface area contributed by atoms with Crippen molar-refractivity contribution in [2.45, 2.75) is 24.8 Å². The zero-order chi connectivity index (χ0) is 28.8. The van der Waals surface area contributed by atoms with Crippen LogP contribution in [-0.4, -0.2) is 57.6 Å². The fraction of sp³-hybridized carbons (Fsp3) is 0.235. The first-order valence-electron chi connectivity index (χ1n) is 14.2. The Labute approximate surface area is 243 Å². The van der Waals surface area contributed by atoms with Crippen molar-refractivity contribution in [3.63, 3.8) is 0 Å². The number of halogens is 1. The second-order valence-electron chi connectivity index (χ2n) is 11.2. The Morgan fingerprint density at radius 1 is 0.976 bits per heavy atom. The molecule has 2 N–H and O–H groups in total. The van der Waals surface area contributed by atoms with Crippen molar-refractivity contribution in [2.24, 2.45) is 0 Å². The standard InChI is InChI=1S/C34H31FN4O3/c1-38-16-14-23(15-17-38)21-6-8-22(9-7-21)24-10-13-31-27(18-24)34(41)39(20-42-31)32(26-19-25(35)11-12-30(26)40)33-36-28-4-2-3-5-29(28)37-33/h2-13,18-19,23,32,40H,14-17,20H2,1H3,(H,36,37). The number of aromatic nitrogens is 2. The molecule has 1 saturated heterocycles. The van der Waals surface area contributed by atoms with Crippen LogP contribution in [0.25, 0.3) is 22.2 Å². The van der Waals surface area contributed by atoms with Crippen LogP contribution in [0.1, 0.15) is 52.1 Å². The van der Waals surface area contributed by atoms with E-state index in [4.69, 9.17) is 9.72 Å². The summed E-state index contributed by atoms with van der Waals surface area (Å²) in [4.78, 5) is 25.9. The van der Waals surface area contributed by atoms with Crippen molar-refractivity contribution in [1.29, 1.82) is 0 Å². The number of aromatic amines is 1. The van der Waals surface area contributed by atoms with Crippen LogP contribution in [0.15, 0.2) is 84.9 Å². The second-order valence-corrected chi connectivity index (χ2v) is 11.2. The quantitative estimate of drug-likeness (QED) is 0.257. The van der Waals surface area contributed by atoms with Crippen LogP contribution in [-0.2, 0) is 0 Å². The maximum absolute atomic E-state index is 14.5. The number of amides is 1. The molecule has 0 spiro atoms. The molecule has 212 valence electrons. The minimum atomic E-state index is -0.911. The van der Waals surface area contributed by atoms with E-state index >= 15 is 0 Å². The zero-order valence-electron chi connectivity index (χ0n) is 23.3. The molecule has 0 bridgehead atoms. The van der Waals surface area contributed by atoms with E-state index < -0.39 is 11.9 Å². The minimum absolute atomic E-state index is 0.0892. The van der Waals surface area contributed by atoms with Gasteiger partial charge >= 0.3 is 0 Å². The van der Waals surface area contributed by atoms with E-state index in [1.54, 1.807) is 0 Å². The number of likely N-dealkylation sites (tertiary alicyclic amines) is 1. The van der Waals surface area contributed by atoms with E-state index in [2.05, 4.69) is 41.2 Å². The molecule has 1 fully saturated rings. The van der Waals surface area contributed by atoms with Gasteiger partial charge in [-0.1, -0.05) is 42.5 Å². The molecule has 1 unspecified atom stereocenters. The lowest BCUT2D eigenvalue weighted by molar-refractivity contribution is 0.0420. The Bertz CT molecular complexity index is 1740. The molecule has 1 aromatic heterocycles. The smallest absolute Gasteiger partial charge is 0.261 e. The predicted octanol–water partition coefficient (Wildman–Crippen LogP) is 6.47. The molecule has 0 aliphatic carbocycles. The van der Waals surface area contributed by atoms with E-state index in [0.717, 1.165) is 42.6 Å². The van der Waals surface area contributed by atoms with E-state index in [-0.39, 0.29) is 24.0 Å². The molecule has 1 atom stereocenters. The van der Waals surface area contributed by atoms with Crippen molar-refractivity contribution in [3.8, 4) is 22.6 Å². The number of aromatic hydroxyl groups is 1. The van der Waals surface area contributed by atoms with Crippen LogP contribution in [0.2, 0.25) is 0 Å². The van der Waals surface area contributed by atoms with E-state index in [1.165, 1.54) is 28.7 Å². The monoisotopic (exact) mass is 562 g/mol. The number of imidazole rings is 1. The highest BCUT2D eigenvalue weighted by Gasteiger charge is 2.36. The number of fused-ring (bicyclic) bond motifs is 2. The highest BCUT2D eigenvalue weighted by molar-refractivity contribution is 5.99. The lowest BCUT2D eigenvalue weighted by Crippen LogP contribution is -2.42. The molecule has 42 heavy (non-hydrogen) atoms. The first kappa shape index (κ1) is 26.2. The van der Waals surface area contributed by atoms with Gasteiger partial charge in [0.2, 0.25) is 0 Å². The van der Waals surface area contributed by atoms with Gasteiger partial charge in [0.1, 0.15) is 29.2 Å². The van der Waals surface area contributed by atoms with Crippen LogP contribution in [0.3, 0.4) is 0 Å². The van der Waals surface area contributed by atoms with Crippen LogP contribution < -0.4 is 4.74 Å².